The Morgan fingerprint density at radius 1 is 0.833 bits per heavy atom. The third kappa shape index (κ3) is 1.71. The second kappa shape index (κ2) is 4.18. The van der Waals surface area contributed by atoms with Gasteiger partial charge in [-0.15, -0.1) is 0 Å². The van der Waals surface area contributed by atoms with Gasteiger partial charge < -0.3 is 0 Å². The minimum Gasteiger partial charge on any atom is -0.289 e. The Kier molecular flexibility index (Phi) is 2.63. The molecule has 0 N–H and O–H groups in total. The van der Waals surface area contributed by atoms with E-state index in [0.717, 1.165) is 21.7 Å². The molecule has 0 saturated heterocycles. The number of ketones is 2. The standard InChI is InChI=1S/C15H9BrO2/c16-8-9-1-2-10-6-12-13(7-11(10)5-9)15(18)4-3-14(12)17/h1-7H,8H2. The summed E-state index contributed by atoms with van der Waals surface area (Å²) in [4.78, 5) is 23.5. The minimum absolute atomic E-state index is 0.101. The Labute approximate surface area is 112 Å². The van der Waals surface area contributed by atoms with E-state index in [9.17, 15) is 9.59 Å². The average Bonchev–Trinajstić information content (AvgIpc) is 2.41. The first kappa shape index (κ1) is 11.4. The van der Waals surface area contributed by atoms with Crippen LogP contribution in [0.15, 0.2) is 42.5 Å². The fourth-order valence-electron chi connectivity index (χ4n) is 2.17. The molecule has 0 radical (unpaired) electrons. The van der Waals surface area contributed by atoms with Crippen LogP contribution in [-0.4, -0.2) is 11.6 Å². The van der Waals surface area contributed by atoms with E-state index in [0.29, 0.717) is 11.1 Å². The molecule has 0 aliphatic heterocycles. The zero-order chi connectivity index (χ0) is 12.7. The van der Waals surface area contributed by atoms with E-state index in [2.05, 4.69) is 15.9 Å². The molecule has 0 saturated carbocycles. The maximum atomic E-state index is 11.8. The number of alkyl halides is 1. The molecule has 88 valence electrons. The van der Waals surface area contributed by atoms with Gasteiger partial charge in [0.05, 0.1) is 0 Å². The molecule has 0 fully saturated rings. The Balaban J connectivity index is 2.31. The van der Waals surface area contributed by atoms with E-state index < -0.39 is 0 Å². The number of carbonyl (C=O) groups is 2. The molecule has 2 nitrogen and oxygen atoms in total. The smallest absolute Gasteiger partial charge is 0.186 e. The molecule has 0 bridgehead atoms. The van der Waals surface area contributed by atoms with E-state index >= 15 is 0 Å². The minimum atomic E-state index is -0.101. The number of benzene rings is 2. The number of allylic oxidation sites excluding steroid dienone is 2. The molecule has 0 aromatic heterocycles. The first-order valence-corrected chi connectivity index (χ1v) is 6.70. The average molecular weight is 301 g/mol. The summed E-state index contributed by atoms with van der Waals surface area (Å²) < 4.78 is 0. The van der Waals surface area contributed by atoms with Gasteiger partial charge in [-0.05, 0) is 40.6 Å². The van der Waals surface area contributed by atoms with Crippen molar-refractivity contribution in [2.45, 2.75) is 5.33 Å². The molecule has 0 unspecified atom stereocenters. The van der Waals surface area contributed by atoms with Crippen LogP contribution in [0.5, 0.6) is 0 Å². The third-order valence-corrected chi connectivity index (χ3v) is 3.76. The Morgan fingerprint density at radius 2 is 1.44 bits per heavy atom. The normalized spacial score (nSPS) is 14.1. The van der Waals surface area contributed by atoms with E-state index in [1.54, 1.807) is 12.1 Å². The summed E-state index contributed by atoms with van der Waals surface area (Å²) in [5.74, 6) is -0.202. The molecule has 0 heterocycles. The number of rotatable bonds is 1. The lowest BCUT2D eigenvalue weighted by Crippen LogP contribution is -2.11. The molecular weight excluding hydrogens is 292 g/mol. The SMILES string of the molecule is O=C1C=CC(=O)c2cc3cc(CBr)ccc3cc21. The van der Waals surface area contributed by atoms with Gasteiger partial charge in [-0.2, -0.15) is 0 Å². The second-order valence-corrected chi connectivity index (χ2v) is 4.84. The van der Waals surface area contributed by atoms with Crippen LogP contribution in [0.4, 0.5) is 0 Å². The van der Waals surface area contributed by atoms with Crippen molar-refractivity contribution in [2.75, 3.05) is 0 Å². The van der Waals surface area contributed by atoms with Crippen LogP contribution in [0.2, 0.25) is 0 Å². The molecule has 0 atom stereocenters. The molecule has 3 heteroatoms. The van der Waals surface area contributed by atoms with Crippen LogP contribution in [0.1, 0.15) is 26.3 Å². The topological polar surface area (TPSA) is 34.1 Å². The first-order valence-electron chi connectivity index (χ1n) is 5.58. The van der Waals surface area contributed by atoms with Crippen molar-refractivity contribution in [3.8, 4) is 0 Å². The van der Waals surface area contributed by atoms with Crippen LogP contribution in [0.25, 0.3) is 10.8 Å². The third-order valence-electron chi connectivity index (χ3n) is 3.11. The van der Waals surface area contributed by atoms with E-state index in [4.69, 9.17) is 0 Å². The Bertz CT molecular complexity index is 714. The quantitative estimate of drug-likeness (QED) is 0.753. The highest BCUT2D eigenvalue weighted by molar-refractivity contribution is 9.08. The van der Waals surface area contributed by atoms with Gasteiger partial charge >= 0.3 is 0 Å². The van der Waals surface area contributed by atoms with Gasteiger partial charge in [-0.1, -0.05) is 34.1 Å². The van der Waals surface area contributed by atoms with Gasteiger partial charge in [-0.3, -0.25) is 9.59 Å². The fraction of sp³-hybridized carbons (Fsp3) is 0.0667. The number of hydrogen-bond donors (Lipinski definition) is 0. The summed E-state index contributed by atoms with van der Waals surface area (Å²) in [5.41, 5.74) is 2.15. The van der Waals surface area contributed by atoms with Crippen molar-refractivity contribution in [3.63, 3.8) is 0 Å². The van der Waals surface area contributed by atoms with Gasteiger partial charge in [0.2, 0.25) is 0 Å². The van der Waals surface area contributed by atoms with E-state index in [1.807, 2.05) is 18.2 Å². The van der Waals surface area contributed by atoms with Crippen molar-refractivity contribution in [1.29, 1.82) is 0 Å². The monoisotopic (exact) mass is 300 g/mol. The highest BCUT2D eigenvalue weighted by atomic mass is 79.9. The predicted molar refractivity (Wildman–Crippen MR) is 74.4 cm³/mol. The highest BCUT2D eigenvalue weighted by Crippen LogP contribution is 2.25. The second-order valence-electron chi connectivity index (χ2n) is 4.27. The number of halogens is 1. The molecular formula is C15H9BrO2. The zero-order valence-electron chi connectivity index (χ0n) is 9.44. The lowest BCUT2D eigenvalue weighted by Gasteiger charge is -2.11. The van der Waals surface area contributed by atoms with Crippen molar-refractivity contribution >= 4 is 38.3 Å². The summed E-state index contributed by atoms with van der Waals surface area (Å²) in [6.07, 6.45) is 2.67. The van der Waals surface area contributed by atoms with Crippen molar-refractivity contribution in [2.24, 2.45) is 0 Å². The zero-order valence-corrected chi connectivity index (χ0v) is 11.0. The summed E-state index contributed by atoms with van der Waals surface area (Å²) in [6.45, 7) is 0. The van der Waals surface area contributed by atoms with Gasteiger partial charge in [0.15, 0.2) is 11.6 Å². The highest BCUT2D eigenvalue weighted by Gasteiger charge is 2.19. The van der Waals surface area contributed by atoms with Crippen LogP contribution in [0.3, 0.4) is 0 Å². The molecule has 1 aliphatic carbocycles. The lowest BCUT2D eigenvalue weighted by molar-refractivity contribution is 0.0994. The van der Waals surface area contributed by atoms with Gasteiger partial charge in [0.1, 0.15) is 0 Å². The molecule has 0 amide bonds. The van der Waals surface area contributed by atoms with Gasteiger partial charge in [0, 0.05) is 16.5 Å². The van der Waals surface area contributed by atoms with E-state index in [1.165, 1.54) is 12.2 Å². The van der Waals surface area contributed by atoms with Crippen LogP contribution < -0.4 is 0 Å². The Morgan fingerprint density at radius 3 is 2.06 bits per heavy atom. The Hall–Kier alpha value is -1.74. The van der Waals surface area contributed by atoms with Crippen LogP contribution in [-0.2, 0) is 5.33 Å². The molecule has 18 heavy (non-hydrogen) atoms. The summed E-state index contributed by atoms with van der Waals surface area (Å²) in [6, 6.07) is 9.62. The summed E-state index contributed by atoms with van der Waals surface area (Å²) >= 11 is 3.41. The van der Waals surface area contributed by atoms with Crippen LogP contribution >= 0.6 is 15.9 Å². The summed E-state index contributed by atoms with van der Waals surface area (Å²) in [5, 5.41) is 2.74. The predicted octanol–water partition coefficient (Wildman–Crippen LogP) is 3.67. The molecule has 1 aliphatic rings. The van der Waals surface area contributed by atoms with Crippen LogP contribution in [0, 0.1) is 0 Å². The number of fused-ring (bicyclic) bond motifs is 2. The van der Waals surface area contributed by atoms with E-state index in [-0.39, 0.29) is 11.6 Å². The van der Waals surface area contributed by atoms with Crippen molar-refractivity contribution in [3.05, 3.63) is 59.2 Å². The lowest BCUT2D eigenvalue weighted by atomic mass is 9.91. The maximum absolute atomic E-state index is 11.8. The maximum Gasteiger partial charge on any atom is 0.186 e. The largest absolute Gasteiger partial charge is 0.289 e. The van der Waals surface area contributed by atoms with Gasteiger partial charge in [-0.25, -0.2) is 0 Å². The molecule has 2 aromatic rings. The molecule has 3 rings (SSSR count). The van der Waals surface area contributed by atoms with Crippen molar-refractivity contribution in [1.82, 2.24) is 0 Å². The molecule has 2 aromatic carbocycles. The number of carbonyl (C=O) groups excluding carboxylic acids is 2. The first-order chi connectivity index (χ1) is 8.69. The van der Waals surface area contributed by atoms with Gasteiger partial charge in [0.25, 0.3) is 0 Å². The van der Waals surface area contributed by atoms with Crippen molar-refractivity contribution < 1.29 is 9.59 Å². The number of hydrogen-bond acceptors (Lipinski definition) is 2. The fourth-order valence-corrected chi connectivity index (χ4v) is 2.52. The summed E-state index contributed by atoms with van der Waals surface area (Å²) in [7, 11) is 0. The molecule has 0 spiro atoms.